The Labute approximate surface area is 132 Å². The van der Waals surface area contributed by atoms with E-state index >= 15 is 0 Å². The third kappa shape index (κ3) is 4.17. The van der Waals surface area contributed by atoms with Gasteiger partial charge in [0.05, 0.1) is 25.9 Å². The molecule has 1 rings (SSSR count). The molecule has 0 fully saturated rings. The maximum atomic E-state index is 11.0. The number of rotatable bonds is 6. The molecule has 0 bridgehead atoms. The number of carboxylic acids is 1. The Balaban J connectivity index is 2.80. The van der Waals surface area contributed by atoms with Crippen molar-refractivity contribution in [3.05, 3.63) is 31.2 Å². The summed E-state index contributed by atoms with van der Waals surface area (Å²) in [5, 5.41) is 19.7. The summed E-state index contributed by atoms with van der Waals surface area (Å²) in [5.41, 5.74) is -0.957. The highest BCUT2D eigenvalue weighted by Crippen LogP contribution is 2.37. The van der Waals surface area contributed by atoms with Crippen molar-refractivity contribution in [1.82, 2.24) is 0 Å². The van der Waals surface area contributed by atoms with Crippen LogP contribution in [0.25, 0.3) is 0 Å². The van der Waals surface area contributed by atoms with Gasteiger partial charge in [-0.15, -0.1) is 0 Å². The van der Waals surface area contributed by atoms with E-state index in [9.17, 15) is 14.9 Å². The monoisotopic (exact) mass is 409 g/mol. The predicted molar refractivity (Wildman–Crippen MR) is 80.0 cm³/mol. The molecule has 0 aliphatic rings. The molecule has 0 spiro atoms. The van der Waals surface area contributed by atoms with E-state index in [4.69, 9.17) is 9.84 Å². The van der Waals surface area contributed by atoms with Crippen molar-refractivity contribution in [3.63, 3.8) is 0 Å². The van der Waals surface area contributed by atoms with Crippen molar-refractivity contribution in [3.8, 4) is 5.75 Å². The largest absolute Gasteiger partial charge is 0.491 e. The van der Waals surface area contributed by atoms with E-state index in [-0.39, 0.29) is 12.3 Å². The molecule has 0 saturated heterocycles. The van der Waals surface area contributed by atoms with Crippen molar-refractivity contribution in [2.45, 2.75) is 20.3 Å². The second-order valence-corrected chi connectivity index (χ2v) is 6.49. The van der Waals surface area contributed by atoms with E-state index in [1.54, 1.807) is 13.8 Å². The number of carbonyl (C=O) groups is 1. The number of benzene rings is 1. The maximum absolute atomic E-state index is 11.0. The van der Waals surface area contributed by atoms with Crippen LogP contribution in [0.2, 0.25) is 0 Å². The molecular formula is C12H13Br2NO5. The number of nitro groups is 1. The Bertz CT molecular complexity index is 522. The third-order valence-electron chi connectivity index (χ3n) is 2.75. The van der Waals surface area contributed by atoms with Crippen LogP contribution >= 0.6 is 31.9 Å². The highest BCUT2D eigenvalue weighted by molar-refractivity contribution is 9.11. The van der Waals surface area contributed by atoms with Crippen molar-refractivity contribution in [1.29, 1.82) is 0 Å². The van der Waals surface area contributed by atoms with Crippen molar-refractivity contribution in [2.75, 3.05) is 6.61 Å². The molecule has 0 unspecified atom stereocenters. The van der Waals surface area contributed by atoms with Gasteiger partial charge in [0.2, 0.25) is 0 Å². The van der Waals surface area contributed by atoms with Gasteiger partial charge in [0.15, 0.2) is 0 Å². The first kappa shape index (κ1) is 16.9. The van der Waals surface area contributed by atoms with E-state index in [0.29, 0.717) is 21.1 Å². The summed E-state index contributed by atoms with van der Waals surface area (Å²) in [5.74, 6) is -0.486. The van der Waals surface area contributed by atoms with E-state index in [0.717, 1.165) is 0 Å². The molecule has 20 heavy (non-hydrogen) atoms. The van der Waals surface area contributed by atoms with Gasteiger partial charge >= 0.3 is 5.97 Å². The molecule has 0 aromatic heterocycles. The van der Waals surface area contributed by atoms with Crippen LogP contribution in [0.4, 0.5) is 5.69 Å². The lowest BCUT2D eigenvalue weighted by Gasteiger charge is -2.19. The number of hydrogen-bond donors (Lipinski definition) is 1. The minimum atomic E-state index is -0.900. The lowest BCUT2D eigenvalue weighted by molar-refractivity contribution is -0.385. The van der Waals surface area contributed by atoms with Gasteiger partial charge in [-0.3, -0.25) is 14.9 Å². The lowest BCUT2D eigenvalue weighted by atomic mass is 9.90. The second-order valence-electron chi connectivity index (χ2n) is 4.78. The second kappa shape index (κ2) is 6.53. The highest BCUT2D eigenvalue weighted by Gasteiger charge is 2.27. The first-order valence-electron chi connectivity index (χ1n) is 5.65. The smallest absolute Gasteiger partial charge is 0.309 e. The molecule has 1 aromatic carbocycles. The molecule has 1 aromatic rings. The summed E-state index contributed by atoms with van der Waals surface area (Å²) in [6.07, 6.45) is 0.318. The van der Waals surface area contributed by atoms with Crippen LogP contribution in [0, 0.1) is 15.5 Å². The van der Waals surface area contributed by atoms with E-state index in [1.807, 2.05) is 0 Å². The first-order valence-corrected chi connectivity index (χ1v) is 7.23. The molecule has 0 aliphatic carbocycles. The normalized spacial score (nSPS) is 11.2. The van der Waals surface area contributed by atoms with Gasteiger partial charge < -0.3 is 9.84 Å². The molecule has 6 nitrogen and oxygen atoms in total. The molecule has 0 radical (unpaired) electrons. The van der Waals surface area contributed by atoms with Crippen LogP contribution in [0.3, 0.4) is 0 Å². The summed E-state index contributed by atoms with van der Waals surface area (Å²) in [6, 6.07) is 2.67. The van der Waals surface area contributed by atoms with Crippen molar-refractivity contribution in [2.24, 2.45) is 5.41 Å². The average molecular weight is 411 g/mol. The Hall–Kier alpha value is -1.15. The first-order chi connectivity index (χ1) is 9.15. The Morgan fingerprint density at radius 3 is 2.30 bits per heavy atom. The maximum Gasteiger partial charge on any atom is 0.309 e. The molecule has 0 saturated carbocycles. The Morgan fingerprint density at radius 2 is 1.90 bits per heavy atom. The molecule has 0 atom stereocenters. The lowest BCUT2D eigenvalue weighted by Crippen LogP contribution is -2.25. The summed E-state index contributed by atoms with van der Waals surface area (Å²) >= 11 is 6.40. The highest BCUT2D eigenvalue weighted by atomic mass is 79.9. The zero-order valence-corrected chi connectivity index (χ0v) is 14.0. The zero-order chi connectivity index (χ0) is 15.5. The topological polar surface area (TPSA) is 89.7 Å². The molecule has 8 heteroatoms. The fourth-order valence-electron chi connectivity index (χ4n) is 1.30. The van der Waals surface area contributed by atoms with Gasteiger partial charge in [-0.1, -0.05) is 0 Å². The van der Waals surface area contributed by atoms with Gasteiger partial charge in [0.25, 0.3) is 5.69 Å². The molecular weight excluding hydrogens is 398 g/mol. The van der Waals surface area contributed by atoms with E-state index in [1.165, 1.54) is 12.1 Å². The Kier molecular flexibility index (Phi) is 5.52. The van der Waals surface area contributed by atoms with Crippen LogP contribution in [0.15, 0.2) is 21.1 Å². The van der Waals surface area contributed by atoms with Gasteiger partial charge in [-0.2, -0.15) is 0 Å². The van der Waals surface area contributed by atoms with Crippen LogP contribution in [-0.4, -0.2) is 22.6 Å². The number of nitro benzene ring substituents is 1. The van der Waals surface area contributed by atoms with Crippen LogP contribution in [0.5, 0.6) is 5.75 Å². The van der Waals surface area contributed by atoms with Gasteiger partial charge in [-0.05, 0) is 52.1 Å². The fraction of sp³-hybridized carbons (Fsp3) is 0.417. The number of carboxylic acid groups (broad SMARTS) is 1. The molecule has 110 valence electrons. The standard InChI is InChI=1S/C12H13Br2NO5/c1-12(2,11(16)17)3-4-20-10-8(13)5-7(15(18)19)6-9(10)14/h5-6H,3-4H2,1-2H3,(H,16,17). The number of halogens is 2. The predicted octanol–water partition coefficient (Wildman–Crippen LogP) is 4.00. The molecule has 0 aliphatic heterocycles. The van der Waals surface area contributed by atoms with Crippen molar-refractivity contribution >= 4 is 43.5 Å². The summed E-state index contributed by atoms with van der Waals surface area (Å²) in [7, 11) is 0. The SMILES string of the molecule is CC(C)(CCOc1c(Br)cc([N+](=O)[O-])cc1Br)C(=O)O. The Morgan fingerprint density at radius 1 is 1.40 bits per heavy atom. The zero-order valence-electron chi connectivity index (χ0n) is 10.9. The average Bonchev–Trinajstić information content (AvgIpc) is 2.31. The summed E-state index contributed by atoms with van der Waals surface area (Å²) < 4.78 is 6.38. The van der Waals surface area contributed by atoms with Gasteiger partial charge in [0, 0.05) is 12.1 Å². The molecule has 0 heterocycles. The number of ether oxygens (including phenoxy) is 1. The fourth-order valence-corrected chi connectivity index (χ4v) is 2.70. The summed E-state index contributed by atoms with van der Waals surface area (Å²) in [6.45, 7) is 3.41. The molecule has 0 amide bonds. The van der Waals surface area contributed by atoms with E-state index in [2.05, 4.69) is 31.9 Å². The van der Waals surface area contributed by atoms with E-state index < -0.39 is 16.3 Å². The summed E-state index contributed by atoms with van der Waals surface area (Å²) in [4.78, 5) is 21.2. The minimum Gasteiger partial charge on any atom is -0.491 e. The van der Waals surface area contributed by atoms with Crippen LogP contribution < -0.4 is 4.74 Å². The quantitative estimate of drug-likeness (QED) is 0.565. The van der Waals surface area contributed by atoms with Gasteiger partial charge in [-0.25, -0.2) is 0 Å². The number of non-ortho nitro benzene ring substituents is 1. The number of hydrogen-bond acceptors (Lipinski definition) is 4. The van der Waals surface area contributed by atoms with Crippen LogP contribution in [-0.2, 0) is 4.79 Å². The minimum absolute atomic E-state index is 0.0676. The number of nitrogens with zero attached hydrogens (tertiary/aromatic N) is 1. The van der Waals surface area contributed by atoms with Crippen LogP contribution in [0.1, 0.15) is 20.3 Å². The van der Waals surface area contributed by atoms with Gasteiger partial charge in [0.1, 0.15) is 5.75 Å². The number of aliphatic carboxylic acids is 1. The van der Waals surface area contributed by atoms with Crippen molar-refractivity contribution < 1.29 is 19.6 Å². The third-order valence-corrected chi connectivity index (χ3v) is 3.92. The molecule has 1 N–H and O–H groups in total.